The predicted molar refractivity (Wildman–Crippen MR) is 116 cm³/mol. The van der Waals surface area contributed by atoms with Crippen LogP contribution in [0.4, 0.5) is 9.18 Å². The molecule has 1 saturated heterocycles. The average molecular weight is 446 g/mol. The second-order valence-electron chi connectivity index (χ2n) is 7.65. The van der Waals surface area contributed by atoms with Gasteiger partial charge in [0.1, 0.15) is 17.9 Å². The third kappa shape index (κ3) is 4.56. The van der Waals surface area contributed by atoms with Crippen LogP contribution in [0.2, 0.25) is 5.02 Å². The first-order valence-electron chi connectivity index (χ1n) is 10.2. The molecule has 0 radical (unpaired) electrons. The zero-order valence-corrected chi connectivity index (χ0v) is 18.3. The summed E-state index contributed by atoms with van der Waals surface area (Å²) < 4.78 is 14.1. The van der Waals surface area contributed by atoms with Crippen molar-refractivity contribution < 1.29 is 18.8 Å². The smallest absolute Gasteiger partial charge is 0.325 e. The number of amides is 4. The molecule has 0 saturated carbocycles. The van der Waals surface area contributed by atoms with Gasteiger partial charge in [-0.05, 0) is 24.1 Å². The Labute approximate surface area is 186 Å². The standard InChI is InChI=1S/C23H25ClFN3O3/c1-3-4-13-23(16-9-6-5-7-10-16)21(30)28(22(31)26-23)15-20(29)27(2)14-17-18(24)11-8-12-19(17)25/h5-12H,3-4,13-15H2,1-2H3,(H,26,31)/t23-/m1/s1. The molecule has 6 nitrogen and oxygen atoms in total. The lowest BCUT2D eigenvalue weighted by molar-refractivity contribution is -0.139. The van der Waals surface area contributed by atoms with Crippen molar-refractivity contribution in [3.63, 3.8) is 0 Å². The quantitative estimate of drug-likeness (QED) is 0.622. The first-order valence-corrected chi connectivity index (χ1v) is 10.5. The van der Waals surface area contributed by atoms with E-state index in [0.29, 0.717) is 12.0 Å². The number of nitrogens with one attached hydrogen (secondary N) is 1. The number of hydrogen-bond donors (Lipinski definition) is 1. The summed E-state index contributed by atoms with van der Waals surface area (Å²) in [5.74, 6) is -1.48. The minimum atomic E-state index is -1.19. The van der Waals surface area contributed by atoms with Crippen molar-refractivity contribution in [1.29, 1.82) is 0 Å². The van der Waals surface area contributed by atoms with Crippen LogP contribution in [0.3, 0.4) is 0 Å². The van der Waals surface area contributed by atoms with Crippen LogP contribution in [0.1, 0.15) is 37.3 Å². The maximum Gasteiger partial charge on any atom is 0.325 e. The van der Waals surface area contributed by atoms with Crippen LogP contribution in [0.15, 0.2) is 48.5 Å². The molecule has 1 aliphatic heterocycles. The number of imide groups is 1. The van der Waals surface area contributed by atoms with Gasteiger partial charge in [-0.2, -0.15) is 0 Å². The van der Waals surface area contributed by atoms with Crippen LogP contribution in [-0.4, -0.2) is 41.2 Å². The van der Waals surface area contributed by atoms with Gasteiger partial charge in [0.2, 0.25) is 5.91 Å². The molecule has 8 heteroatoms. The van der Waals surface area contributed by atoms with E-state index in [0.717, 1.165) is 17.7 Å². The maximum atomic E-state index is 14.1. The van der Waals surface area contributed by atoms with Crippen LogP contribution in [0.25, 0.3) is 0 Å². The molecule has 1 atom stereocenters. The lowest BCUT2D eigenvalue weighted by Crippen LogP contribution is -2.45. The minimum Gasteiger partial charge on any atom is -0.340 e. The molecule has 164 valence electrons. The van der Waals surface area contributed by atoms with Crippen molar-refractivity contribution in [2.24, 2.45) is 0 Å². The number of urea groups is 1. The first kappa shape index (κ1) is 22.7. The fourth-order valence-electron chi connectivity index (χ4n) is 3.71. The van der Waals surface area contributed by atoms with E-state index >= 15 is 0 Å². The Balaban J connectivity index is 1.79. The fourth-order valence-corrected chi connectivity index (χ4v) is 3.93. The Bertz CT molecular complexity index is 965. The number of nitrogens with zero attached hydrogens (tertiary/aromatic N) is 2. The number of rotatable bonds is 8. The lowest BCUT2D eigenvalue weighted by atomic mass is 9.85. The van der Waals surface area contributed by atoms with Gasteiger partial charge in [0.15, 0.2) is 0 Å². The predicted octanol–water partition coefficient (Wildman–Crippen LogP) is 4.08. The normalized spacial score (nSPS) is 18.3. The molecule has 3 rings (SSSR count). The van der Waals surface area contributed by atoms with E-state index in [1.54, 1.807) is 12.1 Å². The largest absolute Gasteiger partial charge is 0.340 e. The van der Waals surface area contributed by atoms with Gasteiger partial charge in [-0.15, -0.1) is 0 Å². The third-order valence-corrected chi connectivity index (χ3v) is 5.88. The second-order valence-corrected chi connectivity index (χ2v) is 8.05. The van der Waals surface area contributed by atoms with Crippen molar-refractivity contribution >= 4 is 29.4 Å². The summed E-state index contributed by atoms with van der Waals surface area (Å²) >= 11 is 6.04. The SMILES string of the molecule is CCCC[C@]1(c2ccccc2)NC(=O)N(CC(=O)N(C)Cc2c(F)cccc2Cl)C1=O. The minimum absolute atomic E-state index is 0.0757. The summed E-state index contributed by atoms with van der Waals surface area (Å²) in [6.45, 7) is 1.49. The maximum absolute atomic E-state index is 14.1. The zero-order valence-electron chi connectivity index (χ0n) is 17.5. The zero-order chi connectivity index (χ0) is 22.6. The average Bonchev–Trinajstić information content (AvgIpc) is 3.00. The summed E-state index contributed by atoms with van der Waals surface area (Å²) in [4.78, 5) is 41.0. The Morgan fingerprint density at radius 1 is 1.16 bits per heavy atom. The number of benzene rings is 2. The summed E-state index contributed by atoms with van der Waals surface area (Å²) in [5.41, 5.74) is -0.329. The van der Waals surface area contributed by atoms with Crippen molar-refractivity contribution in [3.05, 3.63) is 70.5 Å². The van der Waals surface area contributed by atoms with Gasteiger partial charge in [-0.1, -0.05) is 67.8 Å². The van der Waals surface area contributed by atoms with E-state index in [-0.39, 0.29) is 17.1 Å². The second kappa shape index (κ2) is 9.47. The summed E-state index contributed by atoms with van der Waals surface area (Å²) in [6, 6.07) is 12.7. The van der Waals surface area contributed by atoms with E-state index < -0.39 is 35.7 Å². The first-order chi connectivity index (χ1) is 14.8. The molecule has 1 heterocycles. The van der Waals surface area contributed by atoms with Crippen molar-refractivity contribution in [3.8, 4) is 0 Å². The molecule has 4 amide bonds. The van der Waals surface area contributed by atoms with Crippen molar-refractivity contribution in [2.45, 2.75) is 38.3 Å². The van der Waals surface area contributed by atoms with Crippen LogP contribution < -0.4 is 5.32 Å². The molecule has 0 aliphatic carbocycles. The molecule has 1 fully saturated rings. The Morgan fingerprint density at radius 2 is 1.87 bits per heavy atom. The van der Waals surface area contributed by atoms with E-state index in [2.05, 4.69) is 5.32 Å². The van der Waals surface area contributed by atoms with Gasteiger partial charge in [0.05, 0.1) is 0 Å². The molecule has 1 N–H and O–H groups in total. The van der Waals surface area contributed by atoms with E-state index in [1.807, 2.05) is 25.1 Å². The molecular weight excluding hydrogens is 421 g/mol. The summed E-state index contributed by atoms with van der Waals surface area (Å²) in [5, 5.41) is 3.02. The van der Waals surface area contributed by atoms with Crippen LogP contribution in [0.5, 0.6) is 0 Å². The van der Waals surface area contributed by atoms with E-state index in [9.17, 15) is 18.8 Å². The number of carbonyl (C=O) groups excluding carboxylic acids is 3. The third-order valence-electron chi connectivity index (χ3n) is 5.52. The lowest BCUT2D eigenvalue weighted by Gasteiger charge is -2.27. The van der Waals surface area contributed by atoms with E-state index in [4.69, 9.17) is 11.6 Å². The van der Waals surface area contributed by atoms with Gasteiger partial charge in [0.25, 0.3) is 5.91 Å². The summed E-state index contributed by atoms with van der Waals surface area (Å²) in [7, 11) is 1.48. The highest BCUT2D eigenvalue weighted by molar-refractivity contribution is 6.31. The Morgan fingerprint density at radius 3 is 2.52 bits per heavy atom. The monoisotopic (exact) mass is 445 g/mol. The van der Waals surface area contributed by atoms with E-state index in [1.165, 1.54) is 30.1 Å². The molecule has 1 aliphatic rings. The topological polar surface area (TPSA) is 69.7 Å². The van der Waals surface area contributed by atoms with Crippen LogP contribution >= 0.6 is 11.6 Å². The molecule has 0 bridgehead atoms. The molecule has 0 spiro atoms. The number of unbranched alkanes of at least 4 members (excludes halogenated alkanes) is 1. The van der Waals surface area contributed by atoms with Gasteiger partial charge < -0.3 is 10.2 Å². The number of halogens is 2. The van der Waals surface area contributed by atoms with Crippen LogP contribution in [-0.2, 0) is 21.7 Å². The number of hydrogen-bond acceptors (Lipinski definition) is 3. The highest BCUT2D eigenvalue weighted by Gasteiger charge is 2.52. The number of carbonyl (C=O) groups is 3. The Hall–Kier alpha value is -2.93. The fraction of sp³-hybridized carbons (Fsp3) is 0.348. The highest BCUT2D eigenvalue weighted by Crippen LogP contribution is 2.34. The van der Waals surface area contributed by atoms with Gasteiger partial charge in [-0.25, -0.2) is 9.18 Å². The van der Waals surface area contributed by atoms with Gasteiger partial charge >= 0.3 is 6.03 Å². The van der Waals surface area contributed by atoms with Crippen molar-refractivity contribution in [2.75, 3.05) is 13.6 Å². The highest BCUT2D eigenvalue weighted by atomic mass is 35.5. The van der Waals surface area contributed by atoms with Crippen molar-refractivity contribution in [1.82, 2.24) is 15.1 Å². The van der Waals surface area contributed by atoms with Crippen LogP contribution in [0, 0.1) is 5.82 Å². The summed E-state index contributed by atoms with van der Waals surface area (Å²) in [6.07, 6.45) is 2.01. The molecule has 2 aromatic rings. The molecular formula is C23H25ClFN3O3. The number of likely N-dealkylation sites (N-methyl/N-ethyl adjacent to an activating group) is 1. The van der Waals surface area contributed by atoms with Gasteiger partial charge in [-0.3, -0.25) is 14.5 Å². The van der Waals surface area contributed by atoms with Gasteiger partial charge in [0, 0.05) is 24.2 Å². The molecule has 0 unspecified atom stereocenters. The Kier molecular flexibility index (Phi) is 6.95. The molecule has 31 heavy (non-hydrogen) atoms. The molecule has 2 aromatic carbocycles. The molecule has 0 aromatic heterocycles.